The average Bonchev–Trinajstić information content (AvgIpc) is 3.45. The summed E-state index contributed by atoms with van der Waals surface area (Å²) in [5.74, 6) is 0.330. The van der Waals surface area contributed by atoms with Gasteiger partial charge in [-0.3, -0.25) is 4.79 Å². The first-order valence-corrected chi connectivity index (χ1v) is 10.1. The molecule has 0 spiro atoms. The standard InChI is InChI=1S/C25H23N3O4/c1-17-22(25(30)31-3)15-21(32-17)16-27(2)24(29)19-10-7-11-20(14-19)28-23(12-13-26-28)18-8-5-4-6-9-18/h4-15H,16H2,1-3H3. The lowest BCUT2D eigenvalue weighted by atomic mass is 10.1. The molecule has 0 fully saturated rings. The minimum absolute atomic E-state index is 0.172. The fraction of sp³-hybridized carbons (Fsp3) is 0.160. The molecule has 162 valence electrons. The molecule has 0 aliphatic heterocycles. The minimum atomic E-state index is -0.465. The molecule has 0 aliphatic rings. The zero-order chi connectivity index (χ0) is 22.7. The summed E-state index contributed by atoms with van der Waals surface area (Å²) in [5.41, 5.74) is 3.64. The van der Waals surface area contributed by atoms with Crippen molar-refractivity contribution in [1.29, 1.82) is 0 Å². The largest absolute Gasteiger partial charge is 0.465 e. The molecular weight excluding hydrogens is 406 g/mol. The second-order valence-corrected chi connectivity index (χ2v) is 7.38. The smallest absolute Gasteiger partial charge is 0.341 e. The van der Waals surface area contributed by atoms with Gasteiger partial charge in [-0.05, 0) is 37.3 Å². The van der Waals surface area contributed by atoms with E-state index in [1.54, 1.807) is 37.2 Å². The van der Waals surface area contributed by atoms with Crippen LogP contribution in [0.1, 0.15) is 32.2 Å². The van der Waals surface area contributed by atoms with Crippen LogP contribution in [0.4, 0.5) is 0 Å². The summed E-state index contributed by atoms with van der Waals surface area (Å²) in [5, 5.41) is 4.45. The van der Waals surface area contributed by atoms with Crippen LogP contribution in [0.25, 0.3) is 16.9 Å². The van der Waals surface area contributed by atoms with Crippen molar-refractivity contribution in [1.82, 2.24) is 14.7 Å². The number of hydrogen-bond donors (Lipinski definition) is 0. The topological polar surface area (TPSA) is 77.6 Å². The van der Waals surface area contributed by atoms with E-state index in [1.807, 2.05) is 59.3 Å². The van der Waals surface area contributed by atoms with E-state index in [2.05, 4.69) is 5.10 Å². The Labute approximate surface area is 185 Å². The average molecular weight is 429 g/mol. The molecule has 7 nitrogen and oxygen atoms in total. The number of esters is 1. The van der Waals surface area contributed by atoms with Crippen molar-refractivity contribution in [3.63, 3.8) is 0 Å². The fourth-order valence-electron chi connectivity index (χ4n) is 3.57. The third kappa shape index (κ3) is 4.18. The molecule has 2 aromatic heterocycles. The molecule has 1 amide bonds. The Morgan fingerprint density at radius 3 is 2.59 bits per heavy atom. The van der Waals surface area contributed by atoms with Crippen LogP contribution in [0, 0.1) is 6.92 Å². The zero-order valence-corrected chi connectivity index (χ0v) is 18.1. The first kappa shape index (κ1) is 21.1. The Morgan fingerprint density at radius 2 is 1.84 bits per heavy atom. The summed E-state index contributed by atoms with van der Waals surface area (Å²) >= 11 is 0. The molecule has 2 heterocycles. The highest BCUT2D eigenvalue weighted by atomic mass is 16.5. The van der Waals surface area contributed by atoms with E-state index in [0.29, 0.717) is 22.6 Å². The summed E-state index contributed by atoms with van der Waals surface area (Å²) in [4.78, 5) is 26.4. The van der Waals surface area contributed by atoms with Gasteiger partial charge >= 0.3 is 5.97 Å². The van der Waals surface area contributed by atoms with E-state index in [-0.39, 0.29) is 12.5 Å². The van der Waals surface area contributed by atoms with Crippen molar-refractivity contribution in [3.05, 3.63) is 95.6 Å². The van der Waals surface area contributed by atoms with Gasteiger partial charge in [0.2, 0.25) is 0 Å². The lowest BCUT2D eigenvalue weighted by molar-refractivity contribution is 0.0598. The summed E-state index contributed by atoms with van der Waals surface area (Å²) < 4.78 is 12.2. The van der Waals surface area contributed by atoms with Crippen LogP contribution in [0.15, 0.2) is 77.3 Å². The quantitative estimate of drug-likeness (QED) is 0.422. The molecule has 4 aromatic rings. The molecule has 2 aromatic carbocycles. The van der Waals surface area contributed by atoms with E-state index in [4.69, 9.17) is 9.15 Å². The summed E-state index contributed by atoms with van der Waals surface area (Å²) in [6.07, 6.45) is 1.74. The van der Waals surface area contributed by atoms with Gasteiger partial charge in [0.1, 0.15) is 17.1 Å². The van der Waals surface area contributed by atoms with E-state index in [1.165, 1.54) is 7.11 Å². The number of aryl methyl sites for hydroxylation is 1. The van der Waals surface area contributed by atoms with Gasteiger partial charge in [0.05, 0.1) is 31.2 Å². The number of aromatic nitrogens is 2. The van der Waals surface area contributed by atoms with Crippen LogP contribution in [-0.2, 0) is 11.3 Å². The van der Waals surface area contributed by atoms with Crippen LogP contribution < -0.4 is 0 Å². The summed E-state index contributed by atoms with van der Waals surface area (Å²) in [7, 11) is 3.01. The maximum absolute atomic E-state index is 13.1. The van der Waals surface area contributed by atoms with E-state index in [0.717, 1.165) is 16.9 Å². The molecule has 0 bridgehead atoms. The Kier molecular flexibility index (Phi) is 5.89. The molecule has 0 aliphatic carbocycles. The van der Waals surface area contributed by atoms with Gasteiger partial charge in [0, 0.05) is 18.2 Å². The number of furan rings is 1. The Balaban J connectivity index is 1.56. The predicted octanol–water partition coefficient (Wildman–Crippen LogP) is 4.50. The first-order valence-electron chi connectivity index (χ1n) is 10.1. The van der Waals surface area contributed by atoms with Crippen LogP contribution in [-0.4, -0.2) is 40.7 Å². The maximum atomic E-state index is 13.1. The SMILES string of the molecule is COC(=O)c1cc(CN(C)C(=O)c2cccc(-n3nccc3-c3ccccc3)c2)oc1C. The Morgan fingerprint density at radius 1 is 1.06 bits per heavy atom. The van der Waals surface area contributed by atoms with Crippen molar-refractivity contribution >= 4 is 11.9 Å². The van der Waals surface area contributed by atoms with Crippen molar-refractivity contribution in [2.75, 3.05) is 14.2 Å². The molecule has 0 saturated heterocycles. The van der Waals surface area contributed by atoms with Crippen LogP contribution in [0.2, 0.25) is 0 Å². The number of nitrogens with zero attached hydrogens (tertiary/aromatic N) is 3. The fourth-order valence-corrected chi connectivity index (χ4v) is 3.57. The Hall–Kier alpha value is -4.13. The van der Waals surface area contributed by atoms with Crippen LogP contribution >= 0.6 is 0 Å². The number of methoxy groups -OCH3 is 1. The highest BCUT2D eigenvalue weighted by molar-refractivity contribution is 5.94. The van der Waals surface area contributed by atoms with E-state index in [9.17, 15) is 9.59 Å². The zero-order valence-electron chi connectivity index (χ0n) is 18.1. The van der Waals surface area contributed by atoms with Gasteiger partial charge < -0.3 is 14.1 Å². The van der Waals surface area contributed by atoms with E-state index < -0.39 is 5.97 Å². The van der Waals surface area contributed by atoms with Crippen molar-refractivity contribution in [2.45, 2.75) is 13.5 Å². The number of amides is 1. The second kappa shape index (κ2) is 8.93. The van der Waals surface area contributed by atoms with E-state index >= 15 is 0 Å². The maximum Gasteiger partial charge on any atom is 0.341 e. The summed E-state index contributed by atoms with van der Waals surface area (Å²) in [6, 6.07) is 20.8. The van der Waals surface area contributed by atoms with Gasteiger partial charge in [-0.15, -0.1) is 0 Å². The summed E-state index contributed by atoms with van der Waals surface area (Å²) in [6.45, 7) is 1.91. The highest BCUT2D eigenvalue weighted by Crippen LogP contribution is 2.23. The number of rotatable bonds is 6. The number of benzene rings is 2. The monoisotopic (exact) mass is 429 g/mol. The van der Waals surface area contributed by atoms with Crippen molar-refractivity contribution in [3.8, 4) is 16.9 Å². The van der Waals surface area contributed by atoms with Gasteiger partial charge in [-0.1, -0.05) is 36.4 Å². The number of hydrogen-bond acceptors (Lipinski definition) is 5. The predicted molar refractivity (Wildman–Crippen MR) is 120 cm³/mol. The highest BCUT2D eigenvalue weighted by Gasteiger charge is 2.19. The molecule has 0 unspecified atom stereocenters. The molecule has 32 heavy (non-hydrogen) atoms. The molecular formula is C25H23N3O4. The third-order valence-corrected chi connectivity index (χ3v) is 5.16. The molecule has 0 saturated carbocycles. The van der Waals surface area contributed by atoms with Crippen LogP contribution in [0.5, 0.6) is 0 Å². The van der Waals surface area contributed by atoms with Gasteiger partial charge in [-0.2, -0.15) is 5.10 Å². The van der Waals surface area contributed by atoms with Gasteiger partial charge in [0.25, 0.3) is 5.91 Å². The minimum Gasteiger partial charge on any atom is -0.465 e. The van der Waals surface area contributed by atoms with Gasteiger partial charge in [-0.25, -0.2) is 9.48 Å². The lowest BCUT2D eigenvalue weighted by Crippen LogP contribution is -2.26. The van der Waals surface area contributed by atoms with Crippen molar-refractivity contribution in [2.24, 2.45) is 0 Å². The van der Waals surface area contributed by atoms with Crippen molar-refractivity contribution < 1.29 is 18.7 Å². The number of carbonyl (C=O) groups excluding carboxylic acids is 2. The normalized spacial score (nSPS) is 10.7. The molecule has 7 heteroatoms. The molecule has 0 radical (unpaired) electrons. The van der Waals surface area contributed by atoms with Gasteiger partial charge in [0.15, 0.2) is 0 Å². The second-order valence-electron chi connectivity index (χ2n) is 7.38. The third-order valence-electron chi connectivity index (χ3n) is 5.16. The van der Waals surface area contributed by atoms with Crippen LogP contribution in [0.3, 0.4) is 0 Å². The lowest BCUT2D eigenvalue weighted by Gasteiger charge is -2.16. The number of ether oxygens (including phenoxy) is 1. The first-order chi connectivity index (χ1) is 15.5. The molecule has 0 atom stereocenters. The molecule has 4 rings (SSSR count). The molecule has 0 N–H and O–H groups in total. The number of carbonyl (C=O) groups is 2. The Bertz CT molecular complexity index is 1260.